The van der Waals surface area contributed by atoms with E-state index in [1.807, 2.05) is 0 Å². The number of nitrogens with one attached hydrogen (secondary N) is 2. The Bertz CT molecular complexity index is 1070. The van der Waals surface area contributed by atoms with Crippen LogP contribution in [0.15, 0.2) is 47.8 Å². The molecular weight excluding hydrogens is 434 g/mol. The molecule has 0 spiro atoms. The molecule has 0 aliphatic carbocycles. The van der Waals surface area contributed by atoms with E-state index in [9.17, 15) is 27.2 Å². The highest BCUT2D eigenvalue weighted by molar-refractivity contribution is 7.14. The molecule has 29 heavy (non-hydrogen) atoms. The largest absolute Gasteiger partial charge is 0.471 e. The highest BCUT2D eigenvalue weighted by Gasteiger charge is 2.39. The summed E-state index contributed by atoms with van der Waals surface area (Å²) in [6.07, 6.45) is -5.19. The summed E-state index contributed by atoms with van der Waals surface area (Å²) in [5, 5.41) is 6.29. The van der Waals surface area contributed by atoms with Gasteiger partial charge in [-0.25, -0.2) is 9.37 Å². The normalized spacial score (nSPS) is 11.2. The molecule has 0 aliphatic rings. The van der Waals surface area contributed by atoms with E-state index in [0.29, 0.717) is 16.8 Å². The summed E-state index contributed by atoms with van der Waals surface area (Å²) < 4.78 is 50.9. The van der Waals surface area contributed by atoms with Gasteiger partial charge in [0.2, 0.25) is 0 Å². The van der Waals surface area contributed by atoms with E-state index in [-0.39, 0.29) is 10.7 Å². The Morgan fingerprint density at radius 3 is 2.38 bits per heavy atom. The van der Waals surface area contributed by atoms with Crippen LogP contribution in [-0.2, 0) is 4.79 Å². The standard InChI is InChI=1S/C18H10ClF4N3O2S/c19-10-3-1-9(2-4-10)14-8-29-17(25-14)26-15(27)12-6-5-11(20)7-13(12)24-16(28)18(21,22)23/h1-8H,(H,24,28)(H,25,26,27). The van der Waals surface area contributed by atoms with Crippen molar-refractivity contribution in [3.63, 3.8) is 0 Å². The fraction of sp³-hybridized carbons (Fsp3) is 0.0556. The first-order chi connectivity index (χ1) is 13.6. The number of thiazole rings is 1. The topological polar surface area (TPSA) is 71.1 Å². The zero-order valence-electron chi connectivity index (χ0n) is 14.2. The van der Waals surface area contributed by atoms with Crippen molar-refractivity contribution in [2.24, 2.45) is 0 Å². The quantitative estimate of drug-likeness (QED) is 0.533. The van der Waals surface area contributed by atoms with Gasteiger partial charge in [0.1, 0.15) is 5.82 Å². The lowest BCUT2D eigenvalue weighted by atomic mass is 10.1. The van der Waals surface area contributed by atoms with Crippen molar-refractivity contribution in [1.29, 1.82) is 0 Å². The molecule has 0 fully saturated rings. The third-order valence-electron chi connectivity index (χ3n) is 3.60. The Kier molecular flexibility index (Phi) is 5.85. The van der Waals surface area contributed by atoms with Gasteiger partial charge in [0.15, 0.2) is 5.13 Å². The van der Waals surface area contributed by atoms with Crippen LogP contribution in [0.2, 0.25) is 5.02 Å². The number of carbonyl (C=O) groups is 2. The summed E-state index contributed by atoms with van der Waals surface area (Å²) in [4.78, 5) is 27.8. The third kappa shape index (κ3) is 5.09. The second-order valence-electron chi connectivity index (χ2n) is 5.64. The molecule has 1 heterocycles. The summed E-state index contributed by atoms with van der Waals surface area (Å²) >= 11 is 6.91. The minimum absolute atomic E-state index is 0.164. The molecule has 3 aromatic rings. The number of hydrogen-bond donors (Lipinski definition) is 2. The number of alkyl halides is 3. The maximum absolute atomic E-state index is 13.4. The molecule has 0 aliphatic heterocycles. The van der Waals surface area contributed by atoms with Crippen molar-refractivity contribution in [2.45, 2.75) is 6.18 Å². The molecule has 0 bridgehead atoms. The van der Waals surface area contributed by atoms with Crippen molar-refractivity contribution in [3.05, 3.63) is 64.2 Å². The first-order valence-electron chi connectivity index (χ1n) is 7.84. The van der Waals surface area contributed by atoms with Crippen LogP contribution in [0.5, 0.6) is 0 Å². The molecule has 0 saturated carbocycles. The van der Waals surface area contributed by atoms with Crippen LogP contribution in [-0.4, -0.2) is 23.0 Å². The average molecular weight is 444 g/mol. The molecule has 11 heteroatoms. The maximum atomic E-state index is 13.4. The van der Waals surface area contributed by atoms with Gasteiger partial charge in [0, 0.05) is 16.0 Å². The van der Waals surface area contributed by atoms with Crippen molar-refractivity contribution in [3.8, 4) is 11.3 Å². The Hall–Kier alpha value is -2.98. The van der Waals surface area contributed by atoms with Gasteiger partial charge in [-0.2, -0.15) is 13.2 Å². The number of benzene rings is 2. The van der Waals surface area contributed by atoms with Crippen LogP contribution in [0.3, 0.4) is 0 Å². The fourth-order valence-corrected chi connectivity index (χ4v) is 3.10. The van der Waals surface area contributed by atoms with Gasteiger partial charge in [0.25, 0.3) is 5.91 Å². The molecule has 0 unspecified atom stereocenters. The third-order valence-corrected chi connectivity index (χ3v) is 4.61. The van der Waals surface area contributed by atoms with Crippen LogP contribution >= 0.6 is 22.9 Å². The van der Waals surface area contributed by atoms with E-state index in [2.05, 4.69) is 10.3 Å². The van der Waals surface area contributed by atoms with E-state index in [1.165, 1.54) is 5.32 Å². The number of nitrogens with zero attached hydrogens (tertiary/aromatic N) is 1. The lowest BCUT2D eigenvalue weighted by Gasteiger charge is -2.12. The molecule has 0 radical (unpaired) electrons. The second kappa shape index (κ2) is 8.18. The minimum Gasteiger partial charge on any atom is -0.317 e. The van der Waals surface area contributed by atoms with Crippen LogP contribution < -0.4 is 10.6 Å². The van der Waals surface area contributed by atoms with E-state index < -0.39 is 29.5 Å². The van der Waals surface area contributed by atoms with Crippen LogP contribution in [0.4, 0.5) is 28.4 Å². The molecule has 2 N–H and O–H groups in total. The van der Waals surface area contributed by atoms with Gasteiger partial charge in [-0.3, -0.25) is 14.9 Å². The Balaban J connectivity index is 1.81. The van der Waals surface area contributed by atoms with Crippen LogP contribution in [0.25, 0.3) is 11.3 Å². The predicted molar refractivity (Wildman–Crippen MR) is 102 cm³/mol. The smallest absolute Gasteiger partial charge is 0.317 e. The van der Waals surface area contributed by atoms with E-state index >= 15 is 0 Å². The number of halogens is 5. The maximum Gasteiger partial charge on any atom is 0.471 e. The molecule has 5 nitrogen and oxygen atoms in total. The van der Waals surface area contributed by atoms with Gasteiger partial charge in [-0.05, 0) is 30.3 Å². The van der Waals surface area contributed by atoms with Gasteiger partial charge in [-0.1, -0.05) is 23.7 Å². The van der Waals surface area contributed by atoms with Crippen LogP contribution in [0, 0.1) is 5.82 Å². The molecule has 1 aromatic heterocycles. The number of anilines is 2. The average Bonchev–Trinajstić information content (AvgIpc) is 3.10. The van der Waals surface area contributed by atoms with E-state index in [0.717, 1.165) is 29.0 Å². The summed E-state index contributed by atoms with van der Waals surface area (Å²) in [6.45, 7) is 0. The van der Waals surface area contributed by atoms with Crippen molar-refractivity contribution >= 4 is 45.6 Å². The molecule has 150 valence electrons. The molecule has 0 saturated heterocycles. The lowest BCUT2D eigenvalue weighted by molar-refractivity contribution is -0.167. The molecule has 0 atom stereocenters. The Labute approximate surface area is 170 Å². The van der Waals surface area contributed by atoms with E-state index in [4.69, 9.17) is 11.6 Å². The van der Waals surface area contributed by atoms with E-state index in [1.54, 1.807) is 29.6 Å². The Morgan fingerprint density at radius 2 is 1.72 bits per heavy atom. The lowest BCUT2D eigenvalue weighted by Crippen LogP contribution is -2.31. The summed E-state index contributed by atoms with van der Waals surface area (Å²) in [6, 6.07) is 9.27. The van der Waals surface area contributed by atoms with Crippen LogP contribution in [0.1, 0.15) is 10.4 Å². The minimum atomic E-state index is -5.19. The SMILES string of the molecule is O=C(Nc1nc(-c2ccc(Cl)cc2)cs1)c1ccc(F)cc1NC(=O)C(F)(F)F. The molecule has 2 aromatic carbocycles. The highest BCUT2D eigenvalue weighted by atomic mass is 35.5. The number of rotatable bonds is 4. The first-order valence-corrected chi connectivity index (χ1v) is 9.10. The fourth-order valence-electron chi connectivity index (χ4n) is 2.26. The zero-order valence-corrected chi connectivity index (χ0v) is 15.8. The number of aromatic nitrogens is 1. The highest BCUT2D eigenvalue weighted by Crippen LogP contribution is 2.27. The van der Waals surface area contributed by atoms with Gasteiger partial charge in [0.05, 0.1) is 16.9 Å². The molecule has 2 amide bonds. The second-order valence-corrected chi connectivity index (χ2v) is 6.94. The number of carbonyl (C=O) groups excluding carboxylic acids is 2. The summed E-state index contributed by atoms with van der Waals surface area (Å²) in [7, 11) is 0. The Morgan fingerprint density at radius 1 is 1.03 bits per heavy atom. The monoisotopic (exact) mass is 443 g/mol. The van der Waals surface area contributed by atoms with Crippen molar-refractivity contribution < 1.29 is 27.2 Å². The summed E-state index contributed by atoms with van der Waals surface area (Å²) in [5.41, 5.74) is 0.323. The van der Waals surface area contributed by atoms with Gasteiger partial charge in [-0.15, -0.1) is 11.3 Å². The predicted octanol–water partition coefficient (Wildman–Crippen LogP) is 5.36. The molecular formula is C18H10ClF4N3O2S. The van der Waals surface area contributed by atoms with Gasteiger partial charge >= 0.3 is 12.1 Å². The number of hydrogen-bond acceptors (Lipinski definition) is 4. The molecule has 3 rings (SSSR count). The first kappa shape index (κ1) is 20.7. The summed E-state index contributed by atoms with van der Waals surface area (Å²) in [5.74, 6) is -4.10. The van der Waals surface area contributed by atoms with Crippen molar-refractivity contribution in [2.75, 3.05) is 10.6 Å². The van der Waals surface area contributed by atoms with Crippen molar-refractivity contribution in [1.82, 2.24) is 4.98 Å². The zero-order chi connectivity index (χ0) is 21.2. The number of amides is 2. The van der Waals surface area contributed by atoms with Gasteiger partial charge < -0.3 is 5.32 Å².